The standard InChI is InChI=1S/C10H19NO2/c1-3-10(11)6-4-8(5-7-10)9(12)13-2/h8H,3-7,11H2,1-2H3. The molecular formula is C10H19NO2. The Kier molecular flexibility index (Phi) is 3.31. The molecule has 1 aliphatic rings. The molecular weight excluding hydrogens is 166 g/mol. The van der Waals surface area contributed by atoms with Crippen molar-refractivity contribution in [2.75, 3.05) is 7.11 Å². The minimum absolute atomic E-state index is 0.0233. The summed E-state index contributed by atoms with van der Waals surface area (Å²) in [6, 6.07) is 0. The fourth-order valence-electron chi connectivity index (χ4n) is 1.95. The van der Waals surface area contributed by atoms with Crippen molar-refractivity contribution >= 4 is 5.97 Å². The highest BCUT2D eigenvalue weighted by molar-refractivity contribution is 5.72. The molecule has 1 saturated carbocycles. The number of methoxy groups -OCH3 is 1. The molecule has 0 amide bonds. The first-order valence-electron chi connectivity index (χ1n) is 4.98. The highest BCUT2D eigenvalue weighted by Gasteiger charge is 2.33. The van der Waals surface area contributed by atoms with Crippen LogP contribution in [0.5, 0.6) is 0 Å². The summed E-state index contributed by atoms with van der Waals surface area (Å²) in [4.78, 5) is 11.2. The van der Waals surface area contributed by atoms with Crippen LogP contribution in [0.15, 0.2) is 0 Å². The number of rotatable bonds is 2. The van der Waals surface area contributed by atoms with Crippen LogP contribution >= 0.6 is 0 Å². The quantitative estimate of drug-likeness (QED) is 0.662. The highest BCUT2D eigenvalue weighted by Crippen LogP contribution is 2.32. The van der Waals surface area contributed by atoms with E-state index in [1.165, 1.54) is 7.11 Å². The van der Waals surface area contributed by atoms with E-state index in [-0.39, 0.29) is 17.4 Å². The smallest absolute Gasteiger partial charge is 0.308 e. The molecule has 0 aromatic rings. The maximum Gasteiger partial charge on any atom is 0.308 e. The summed E-state index contributed by atoms with van der Waals surface area (Å²) in [5, 5.41) is 0. The first-order chi connectivity index (χ1) is 6.11. The van der Waals surface area contributed by atoms with Crippen LogP contribution in [0, 0.1) is 5.92 Å². The van der Waals surface area contributed by atoms with Crippen LogP contribution in [0.1, 0.15) is 39.0 Å². The van der Waals surface area contributed by atoms with Crippen molar-refractivity contribution in [1.29, 1.82) is 0 Å². The number of hydrogen-bond donors (Lipinski definition) is 1. The fourth-order valence-corrected chi connectivity index (χ4v) is 1.95. The van der Waals surface area contributed by atoms with Gasteiger partial charge in [-0.2, -0.15) is 0 Å². The third-order valence-electron chi connectivity index (χ3n) is 3.22. The molecule has 3 nitrogen and oxygen atoms in total. The maximum absolute atomic E-state index is 11.2. The summed E-state index contributed by atoms with van der Waals surface area (Å²) in [5.41, 5.74) is 6.09. The summed E-state index contributed by atoms with van der Waals surface area (Å²) in [7, 11) is 1.45. The van der Waals surface area contributed by atoms with Gasteiger partial charge in [-0.1, -0.05) is 6.92 Å². The highest BCUT2D eigenvalue weighted by atomic mass is 16.5. The van der Waals surface area contributed by atoms with E-state index < -0.39 is 0 Å². The number of carbonyl (C=O) groups excluding carboxylic acids is 1. The second-order valence-corrected chi connectivity index (χ2v) is 4.01. The molecule has 0 aromatic heterocycles. The lowest BCUT2D eigenvalue weighted by Gasteiger charge is -2.35. The predicted octanol–water partition coefficient (Wildman–Crippen LogP) is 1.46. The maximum atomic E-state index is 11.2. The molecule has 0 radical (unpaired) electrons. The Hall–Kier alpha value is -0.570. The van der Waals surface area contributed by atoms with Gasteiger partial charge in [0.1, 0.15) is 0 Å². The second kappa shape index (κ2) is 4.09. The van der Waals surface area contributed by atoms with Crippen LogP contribution in [0.25, 0.3) is 0 Å². The Labute approximate surface area is 79.6 Å². The largest absolute Gasteiger partial charge is 0.469 e. The molecule has 2 N–H and O–H groups in total. The Balaban J connectivity index is 2.43. The minimum Gasteiger partial charge on any atom is -0.469 e. The Morgan fingerprint density at radius 3 is 2.46 bits per heavy atom. The number of esters is 1. The number of carbonyl (C=O) groups is 1. The van der Waals surface area contributed by atoms with Crippen molar-refractivity contribution in [3.63, 3.8) is 0 Å². The molecule has 0 aliphatic heterocycles. The van der Waals surface area contributed by atoms with Crippen molar-refractivity contribution < 1.29 is 9.53 Å². The zero-order valence-corrected chi connectivity index (χ0v) is 8.51. The van der Waals surface area contributed by atoms with E-state index in [0.29, 0.717) is 0 Å². The van der Waals surface area contributed by atoms with Gasteiger partial charge in [0.05, 0.1) is 13.0 Å². The van der Waals surface area contributed by atoms with Gasteiger partial charge >= 0.3 is 5.97 Å². The van der Waals surface area contributed by atoms with E-state index in [1.54, 1.807) is 0 Å². The first-order valence-corrected chi connectivity index (χ1v) is 4.98. The lowest BCUT2D eigenvalue weighted by Crippen LogP contribution is -2.43. The molecule has 1 fully saturated rings. The van der Waals surface area contributed by atoms with Crippen LogP contribution in [0.4, 0.5) is 0 Å². The van der Waals surface area contributed by atoms with Crippen LogP contribution in [-0.4, -0.2) is 18.6 Å². The van der Waals surface area contributed by atoms with Gasteiger partial charge in [-0.3, -0.25) is 4.79 Å². The molecule has 0 atom stereocenters. The summed E-state index contributed by atoms with van der Waals surface area (Å²) in [6.45, 7) is 2.11. The van der Waals surface area contributed by atoms with Gasteiger partial charge in [0.25, 0.3) is 0 Å². The molecule has 0 heterocycles. The van der Waals surface area contributed by atoms with Gasteiger partial charge < -0.3 is 10.5 Å². The van der Waals surface area contributed by atoms with Crippen molar-refractivity contribution in [3.8, 4) is 0 Å². The lowest BCUT2D eigenvalue weighted by molar-refractivity contribution is -0.146. The average Bonchev–Trinajstić information content (AvgIpc) is 2.18. The monoisotopic (exact) mass is 185 g/mol. The van der Waals surface area contributed by atoms with E-state index in [1.807, 2.05) is 0 Å². The molecule has 0 unspecified atom stereocenters. The third-order valence-corrected chi connectivity index (χ3v) is 3.22. The van der Waals surface area contributed by atoms with Crippen molar-refractivity contribution in [1.82, 2.24) is 0 Å². The molecule has 1 aliphatic carbocycles. The molecule has 0 bridgehead atoms. The molecule has 13 heavy (non-hydrogen) atoms. The van der Waals surface area contributed by atoms with Crippen LogP contribution in [0.3, 0.4) is 0 Å². The fraction of sp³-hybridized carbons (Fsp3) is 0.900. The minimum atomic E-state index is -0.0712. The SMILES string of the molecule is CCC1(N)CCC(C(=O)OC)CC1. The summed E-state index contributed by atoms with van der Waals surface area (Å²) >= 11 is 0. The van der Waals surface area contributed by atoms with E-state index in [0.717, 1.165) is 32.1 Å². The topological polar surface area (TPSA) is 52.3 Å². The molecule has 1 rings (SSSR count). The molecule has 0 saturated heterocycles. The zero-order valence-electron chi connectivity index (χ0n) is 8.51. The number of nitrogens with two attached hydrogens (primary N) is 1. The van der Waals surface area contributed by atoms with E-state index in [4.69, 9.17) is 10.5 Å². The van der Waals surface area contributed by atoms with Crippen molar-refractivity contribution in [3.05, 3.63) is 0 Å². The van der Waals surface area contributed by atoms with E-state index >= 15 is 0 Å². The Morgan fingerprint density at radius 2 is 2.08 bits per heavy atom. The average molecular weight is 185 g/mol. The summed E-state index contributed by atoms with van der Waals surface area (Å²) < 4.78 is 4.71. The lowest BCUT2D eigenvalue weighted by atomic mass is 9.76. The van der Waals surface area contributed by atoms with Gasteiger partial charge in [-0.05, 0) is 32.1 Å². The predicted molar refractivity (Wildman–Crippen MR) is 51.2 cm³/mol. The van der Waals surface area contributed by atoms with Crippen molar-refractivity contribution in [2.24, 2.45) is 11.7 Å². The number of hydrogen-bond acceptors (Lipinski definition) is 3. The first kappa shape index (κ1) is 10.5. The third kappa shape index (κ3) is 2.44. The molecule has 76 valence electrons. The summed E-state index contributed by atoms with van der Waals surface area (Å²) in [5.74, 6) is 0.0198. The second-order valence-electron chi connectivity index (χ2n) is 4.01. The molecule has 0 aromatic carbocycles. The van der Waals surface area contributed by atoms with Crippen molar-refractivity contribution in [2.45, 2.75) is 44.6 Å². The van der Waals surface area contributed by atoms with E-state index in [9.17, 15) is 4.79 Å². The normalized spacial score (nSPS) is 34.2. The van der Waals surface area contributed by atoms with Gasteiger partial charge in [-0.25, -0.2) is 0 Å². The zero-order chi connectivity index (χ0) is 9.90. The van der Waals surface area contributed by atoms with Crippen LogP contribution in [-0.2, 0) is 9.53 Å². The van der Waals surface area contributed by atoms with Crippen LogP contribution in [0.2, 0.25) is 0 Å². The Bertz CT molecular complexity index is 183. The van der Waals surface area contributed by atoms with Gasteiger partial charge in [-0.15, -0.1) is 0 Å². The van der Waals surface area contributed by atoms with Gasteiger partial charge in [0, 0.05) is 5.54 Å². The molecule has 3 heteroatoms. The van der Waals surface area contributed by atoms with Gasteiger partial charge in [0.2, 0.25) is 0 Å². The number of ether oxygens (including phenoxy) is 1. The Morgan fingerprint density at radius 1 is 1.54 bits per heavy atom. The van der Waals surface area contributed by atoms with E-state index in [2.05, 4.69) is 6.92 Å². The van der Waals surface area contributed by atoms with Gasteiger partial charge in [0.15, 0.2) is 0 Å². The summed E-state index contributed by atoms with van der Waals surface area (Å²) in [6.07, 6.45) is 4.67. The molecule has 0 spiro atoms. The van der Waals surface area contributed by atoms with Crippen LogP contribution < -0.4 is 5.73 Å².